The third kappa shape index (κ3) is 4.71. The highest BCUT2D eigenvalue weighted by Crippen LogP contribution is 2.31. The van der Waals surface area contributed by atoms with Gasteiger partial charge in [-0.1, -0.05) is 29.8 Å². The lowest BCUT2D eigenvalue weighted by atomic mass is 10.0. The van der Waals surface area contributed by atoms with Crippen LogP contribution >= 0.6 is 0 Å². The van der Waals surface area contributed by atoms with Gasteiger partial charge in [0.15, 0.2) is 0 Å². The Labute approximate surface area is 198 Å². The molecule has 0 bridgehead atoms. The molecule has 1 aliphatic heterocycles. The average molecular weight is 488 g/mol. The van der Waals surface area contributed by atoms with Crippen molar-refractivity contribution < 1.29 is 31.5 Å². The Bertz CT molecular complexity index is 1290. The summed E-state index contributed by atoms with van der Waals surface area (Å²) >= 11 is 0. The summed E-state index contributed by atoms with van der Waals surface area (Å²) in [6.07, 6.45) is 3.94. The molecule has 0 saturated heterocycles. The highest BCUT2D eigenvalue weighted by molar-refractivity contribution is 5.91. The number of anilines is 1. The van der Waals surface area contributed by atoms with Gasteiger partial charge < -0.3 is 14.5 Å². The normalized spacial score (nSPS) is 13.0. The zero-order chi connectivity index (χ0) is 25.4. The summed E-state index contributed by atoms with van der Waals surface area (Å²) in [6, 6.07) is 10.2. The van der Waals surface area contributed by atoms with Crippen molar-refractivity contribution in [2.75, 3.05) is 11.6 Å². The predicted octanol–water partition coefficient (Wildman–Crippen LogP) is 6.28. The first-order chi connectivity index (χ1) is 16.6. The van der Waals surface area contributed by atoms with Crippen LogP contribution in [0, 0.1) is 49.9 Å². The van der Waals surface area contributed by atoms with E-state index in [0.29, 0.717) is 13.2 Å². The van der Waals surface area contributed by atoms with Gasteiger partial charge in [-0.15, -0.1) is 0 Å². The fourth-order valence-electron chi connectivity index (χ4n) is 4.14. The van der Waals surface area contributed by atoms with Gasteiger partial charge in [0.1, 0.15) is 0 Å². The SMILES string of the molecule is Cc1cc(C)c(N2C=CN(Cc3ccc(C(=O)Oc4c(F)c(F)c(F)c(F)c4F)cc3)C2)c(C)c1. The Balaban J connectivity index is 1.43. The number of rotatable bonds is 5. The van der Waals surface area contributed by atoms with Crippen LogP contribution in [0.15, 0.2) is 48.8 Å². The summed E-state index contributed by atoms with van der Waals surface area (Å²) in [4.78, 5) is 16.4. The van der Waals surface area contributed by atoms with Gasteiger partial charge in [-0.2, -0.15) is 8.78 Å². The molecule has 1 heterocycles. The van der Waals surface area contributed by atoms with Gasteiger partial charge in [0, 0.05) is 24.6 Å². The Kier molecular flexibility index (Phi) is 6.51. The van der Waals surface area contributed by atoms with Gasteiger partial charge in [0.05, 0.1) is 12.2 Å². The summed E-state index contributed by atoms with van der Waals surface area (Å²) in [6.45, 7) is 7.32. The molecule has 0 unspecified atom stereocenters. The van der Waals surface area contributed by atoms with Crippen molar-refractivity contribution in [2.45, 2.75) is 27.3 Å². The van der Waals surface area contributed by atoms with Crippen LogP contribution in [-0.2, 0) is 6.54 Å². The molecular formula is C26H21F5N2O2. The first kappa shape index (κ1) is 24.3. The number of nitrogens with zero attached hydrogens (tertiary/aromatic N) is 2. The Hall–Kier alpha value is -3.88. The molecule has 35 heavy (non-hydrogen) atoms. The maximum Gasteiger partial charge on any atom is 0.343 e. The molecule has 0 N–H and O–H groups in total. The fourth-order valence-corrected chi connectivity index (χ4v) is 4.14. The van der Waals surface area contributed by atoms with Crippen LogP contribution in [0.2, 0.25) is 0 Å². The van der Waals surface area contributed by atoms with E-state index in [4.69, 9.17) is 0 Å². The van der Waals surface area contributed by atoms with Crippen LogP contribution in [0.25, 0.3) is 0 Å². The Morgan fingerprint density at radius 1 is 0.829 bits per heavy atom. The minimum atomic E-state index is -2.33. The Morgan fingerprint density at radius 2 is 1.37 bits per heavy atom. The van der Waals surface area contributed by atoms with Crippen LogP contribution in [0.5, 0.6) is 5.75 Å². The van der Waals surface area contributed by atoms with Crippen LogP contribution in [0.3, 0.4) is 0 Å². The molecule has 182 valence electrons. The summed E-state index contributed by atoms with van der Waals surface area (Å²) in [5.74, 6) is -14.0. The third-order valence-electron chi connectivity index (χ3n) is 5.65. The minimum absolute atomic E-state index is 0.109. The Morgan fingerprint density at radius 3 is 1.94 bits per heavy atom. The molecule has 0 saturated carbocycles. The van der Waals surface area contributed by atoms with Gasteiger partial charge >= 0.3 is 5.97 Å². The van der Waals surface area contributed by atoms with Gasteiger partial charge in [-0.25, -0.2) is 18.0 Å². The lowest BCUT2D eigenvalue weighted by Gasteiger charge is -2.25. The maximum atomic E-state index is 13.8. The monoisotopic (exact) mass is 488 g/mol. The van der Waals surface area contributed by atoms with Crippen molar-refractivity contribution >= 4 is 11.7 Å². The molecule has 0 amide bonds. The molecule has 4 rings (SSSR count). The summed E-state index contributed by atoms with van der Waals surface area (Å²) in [5.41, 5.74) is 5.41. The van der Waals surface area contributed by atoms with E-state index >= 15 is 0 Å². The van der Waals surface area contributed by atoms with Gasteiger partial charge in [-0.05, 0) is 49.6 Å². The fraction of sp³-hybridized carbons (Fsp3) is 0.192. The molecule has 3 aromatic carbocycles. The number of hydrogen-bond donors (Lipinski definition) is 0. The molecule has 3 aromatic rings. The van der Waals surface area contributed by atoms with E-state index in [1.165, 1.54) is 28.8 Å². The molecule has 0 spiro atoms. The number of halogens is 5. The lowest BCUT2D eigenvalue weighted by molar-refractivity contribution is 0.0716. The van der Waals surface area contributed by atoms with Crippen LogP contribution in [-0.4, -0.2) is 17.5 Å². The summed E-state index contributed by atoms with van der Waals surface area (Å²) in [5, 5.41) is 0. The molecule has 0 radical (unpaired) electrons. The molecule has 0 aliphatic carbocycles. The van der Waals surface area contributed by atoms with E-state index in [1.807, 2.05) is 12.4 Å². The highest BCUT2D eigenvalue weighted by atomic mass is 19.2. The van der Waals surface area contributed by atoms with Gasteiger partial charge in [-0.3, -0.25) is 0 Å². The topological polar surface area (TPSA) is 32.8 Å². The van der Waals surface area contributed by atoms with E-state index in [0.717, 1.165) is 11.3 Å². The average Bonchev–Trinajstić information content (AvgIpc) is 3.26. The van der Waals surface area contributed by atoms with Crippen LogP contribution in [0.4, 0.5) is 27.6 Å². The van der Waals surface area contributed by atoms with Crippen molar-refractivity contribution in [2.24, 2.45) is 0 Å². The van der Waals surface area contributed by atoms with Crippen molar-refractivity contribution in [3.63, 3.8) is 0 Å². The molecule has 4 nitrogen and oxygen atoms in total. The standard InChI is InChI=1S/C26H21F5N2O2/c1-14-10-15(2)24(16(3)11-14)33-9-8-32(13-33)12-17-4-6-18(7-5-17)26(34)35-25-22(30)20(28)19(27)21(29)23(25)31/h4-11H,12-13H2,1-3H3. The first-order valence-electron chi connectivity index (χ1n) is 10.7. The maximum absolute atomic E-state index is 13.8. The number of esters is 1. The molecular weight excluding hydrogens is 467 g/mol. The molecule has 0 atom stereocenters. The number of aryl methyl sites for hydroxylation is 3. The molecule has 0 aromatic heterocycles. The number of benzene rings is 3. The third-order valence-corrected chi connectivity index (χ3v) is 5.65. The zero-order valence-corrected chi connectivity index (χ0v) is 19.1. The smallest absolute Gasteiger partial charge is 0.343 e. The minimum Gasteiger partial charge on any atom is -0.416 e. The predicted molar refractivity (Wildman–Crippen MR) is 120 cm³/mol. The van der Waals surface area contributed by atoms with E-state index in [-0.39, 0.29) is 5.56 Å². The summed E-state index contributed by atoms with van der Waals surface area (Å²) in [7, 11) is 0. The number of carbonyl (C=O) groups excluding carboxylic acids is 1. The van der Waals surface area contributed by atoms with Gasteiger partial charge in [0.25, 0.3) is 0 Å². The number of carbonyl (C=O) groups is 1. The molecule has 9 heteroatoms. The zero-order valence-electron chi connectivity index (χ0n) is 19.1. The second-order valence-corrected chi connectivity index (χ2v) is 8.39. The second-order valence-electron chi connectivity index (χ2n) is 8.39. The molecule has 1 aliphatic rings. The van der Waals surface area contributed by atoms with Crippen molar-refractivity contribution in [1.82, 2.24) is 4.90 Å². The van der Waals surface area contributed by atoms with Crippen molar-refractivity contribution in [3.05, 3.63) is 106 Å². The van der Waals surface area contributed by atoms with E-state index in [2.05, 4.69) is 47.4 Å². The highest BCUT2D eigenvalue weighted by Gasteiger charge is 2.29. The quantitative estimate of drug-likeness (QED) is 0.139. The van der Waals surface area contributed by atoms with E-state index in [1.54, 1.807) is 12.1 Å². The number of ether oxygens (including phenoxy) is 1. The first-order valence-corrected chi connectivity index (χ1v) is 10.7. The summed E-state index contributed by atoms with van der Waals surface area (Å²) < 4.78 is 71.9. The van der Waals surface area contributed by atoms with Crippen molar-refractivity contribution in [3.8, 4) is 5.75 Å². The van der Waals surface area contributed by atoms with E-state index < -0.39 is 40.8 Å². The van der Waals surface area contributed by atoms with Crippen LogP contribution in [0.1, 0.15) is 32.6 Å². The van der Waals surface area contributed by atoms with E-state index in [9.17, 15) is 26.7 Å². The molecule has 0 fully saturated rings. The van der Waals surface area contributed by atoms with Crippen molar-refractivity contribution in [1.29, 1.82) is 0 Å². The second kappa shape index (κ2) is 9.40. The van der Waals surface area contributed by atoms with Gasteiger partial charge in [0.2, 0.25) is 34.8 Å². The lowest BCUT2D eigenvalue weighted by Crippen LogP contribution is -2.25. The largest absolute Gasteiger partial charge is 0.416 e. The van der Waals surface area contributed by atoms with Crippen LogP contribution < -0.4 is 9.64 Å². The number of hydrogen-bond acceptors (Lipinski definition) is 4.